The number of aromatic nitrogens is 3. The van der Waals surface area contributed by atoms with Crippen molar-refractivity contribution in [2.24, 2.45) is 0 Å². The van der Waals surface area contributed by atoms with E-state index in [1.165, 1.54) is 24.3 Å². The van der Waals surface area contributed by atoms with Gasteiger partial charge in [-0.3, -0.25) is 4.90 Å². The molecule has 0 unspecified atom stereocenters. The molecule has 0 amide bonds. The van der Waals surface area contributed by atoms with Crippen molar-refractivity contribution in [1.29, 1.82) is 0 Å². The maximum atomic E-state index is 13.5. The van der Waals surface area contributed by atoms with Gasteiger partial charge in [-0.25, -0.2) is 13.5 Å². The van der Waals surface area contributed by atoms with Crippen molar-refractivity contribution < 1.29 is 8.78 Å². The average Bonchev–Trinajstić information content (AvgIpc) is 3.21. The molecule has 0 saturated carbocycles. The fourth-order valence-electron chi connectivity index (χ4n) is 3.77. The summed E-state index contributed by atoms with van der Waals surface area (Å²) in [7, 11) is 0. The van der Waals surface area contributed by atoms with Crippen LogP contribution in [0.4, 0.5) is 14.5 Å². The first-order valence-electron chi connectivity index (χ1n) is 10.1. The molecule has 5 nitrogen and oxygen atoms in total. The maximum absolute atomic E-state index is 13.5. The van der Waals surface area contributed by atoms with Crippen LogP contribution in [-0.4, -0.2) is 52.6 Å². The van der Waals surface area contributed by atoms with E-state index in [9.17, 15) is 8.78 Å². The van der Waals surface area contributed by atoms with Crippen LogP contribution < -0.4 is 4.90 Å². The van der Waals surface area contributed by atoms with E-state index in [1.54, 1.807) is 12.3 Å². The van der Waals surface area contributed by atoms with Gasteiger partial charge in [0.1, 0.15) is 11.6 Å². The van der Waals surface area contributed by atoms with Gasteiger partial charge in [0, 0.05) is 44.0 Å². The molecule has 0 bridgehead atoms. The fourth-order valence-corrected chi connectivity index (χ4v) is 3.77. The molecular formula is C22H25F2N5. The summed E-state index contributed by atoms with van der Waals surface area (Å²) in [5.41, 5.74) is 2.73. The molecule has 0 aliphatic carbocycles. The Bertz CT molecular complexity index is 917. The normalized spacial score (nSPS) is 15.0. The smallest absolute Gasteiger partial charge is 0.123 e. The molecule has 2 aromatic carbocycles. The van der Waals surface area contributed by atoms with Gasteiger partial charge in [0.2, 0.25) is 0 Å². The lowest BCUT2D eigenvalue weighted by Gasteiger charge is -2.36. The van der Waals surface area contributed by atoms with Crippen LogP contribution in [0, 0.1) is 11.6 Å². The maximum Gasteiger partial charge on any atom is 0.123 e. The van der Waals surface area contributed by atoms with Crippen molar-refractivity contribution >= 4 is 5.69 Å². The summed E-state index contributed by atoms with van der Waals surface area (Å²) in [6, 6.07) is 13.3. The van der Waals surface area contributed by atoms with Gasteiger partial charge in [-0.15, -0.1) is 5.10 Å². The van der Waals surface area contributed by atoms with Gasteiger partial charge in [-0.05, 0) is 55.8 Å². The van der Waals surface area contributed by atoms with E-state index in [0.717, 1.165) is 69.1 Å². The first kappa shape index (κ1) is 19.5. The van der Waals surface area contributed by atoms with E-state index in [1.807, 2.05) is 22.9 Å². The topological polar surface area (TPSA) is 37.2 Å². The molecule has 1 aliphatic heterocycles. The number of benzene rings is 2. The molecule has 7 heteroatoms. The Balaban J connectivity index is 1.21. The molecule has 3 aromatic rings. The summed E-state index contributed by atoms with van der Waals surface area (Å²) in [6.45, 7) is 5.74. The molecule has 1 fully saturated rings. The Morgan fingerprint density at radius 1 is 0.828 bits per heavy atom. The van der Waals surface area contributed by atoms with Crippen LogP contribution in [0.25, 0.3) is 11.3 Å². The van der Waals surface area contributed by atoms with Crippen LogP contribution in [0.5, 0.6) is 0 Å². The zero-order chi connectivity index (χ0) is 20.1. The number of halogens is 2. The second-order valence-electron chi connectivity index (χ2n) is 7.36. The van der Waals surface area contributed by atoms with E-state index in [-0.39, 0.29) is 11.6 Å². The lowest BCUT2D eigenvalue weighted by Crippen LogP contribution is -2.46. The largest absolute Gasteiger partial charge is 0.369 e. The molecule has 29 heavy (non-hydrogen) atoms. The van der Waals surface area contributed by atoms with E-state index >= 15 is 0 Å². The summed E-state index contributed by atoms with van der Waals surface area (Å²) >= 11 is 0. The highest BCUT2D eigenvalue weighted by Crippen LogP contribution is 2.20. The summed E-state index contributed by atoms with van der Waals surface area (Å²) in [5, 5.41) is 8.14. The zero-order valence-corrected chi connectivity index (χ0v) is 16.3. The zero-order valence-electron chi connectivity index (χ0n) is 16.3. The summed E-state index contributed by atoms with van der Waals surface area (Å²) < 4.78 is 28.4. The minimum atomic E-state index is -0.255. The van der Waals surface area contributed by atoms with Crippen molar-refractivity contribution in [2.75, 3.05) is 37.6 Å². The third-order valence-corrected chi connectivity index (χ3v) is 5.40. The van der Waals surface area contributed by atoms with E-state index in [4.69, 9.17) is 0 Å². The van der Waals surface area contributed by atoms with Crippen LogP contribution in [0.3, 0.4) is 0 Å². The van der Waals surface area contributed by atoms with Gasteiger partial charge in [-0.2, -0.15) is 0 Å². The molecule has 1 aromatic heterocycles. The summed E-state index contributed by atoms with van der Waals surface area (Å²) in [6.07, 6.45) is 3.74. The number of unbranched alkanes of at least 4 members (excludes halogenated alkanes) is 1. The molecule has 152 valence electrons. The number of piperazine rings is 1. The predicted octanol–water partition coefficient (Wildman–Crippen LogP) is 3.83. The van der Waals surface area contributed by atoms with Gasteiger partial charge in [0.25, 0.3) is 0 Å². The Morgan fingerprint density at radius 3 is 2.34 bits per heavy atom. The lowest BCUT2D eigenvalue weighted by atomic mass is 10.1. The van der Waals surface area contributed by atoms with E-state index < -0.39 is 0 Å². The molecule has 0 radical (unpaired) electrons. The number of hydrogen-bond donors (Lipinski definition) is 0. The van der Waals surface area contributed by atoms with E-state index in [2.05, 4.69) is 20.1 Å². The van der Waals surface area contributed by atoms with Gasteiger partial charge >= 0.3 is 0 Å². The van der Waals surface area contributed by atoms with Gasteiger partial charge in [-0.1, -0.05) is 17.3 Å². The Labute approximate surface area is 169 Å². The number of nitrogens with zero attached hydrogens (tertiary/aromatic N) is 5. The number of anilines is 1. The molecule has 0 N–H and O–H groups in total. The van der Waals surface area contributed by atoms with Gasteiger partial charge in [0.05, 0.1) is 11.9 Å². The van der Waals surface area contributed by atoms with Crippen molar-refractivity contribution in [3.8, 4) is 11.3 Å². The molecular weight excluding hydrogens is 372 g/mol. The Morgan fingerprint density at radius 2 is 1.59 bits per heavy atom. The fraction of sp³-hybridized carbons (Fsp3) is 0.364. The van der Waals surface area contributed by atoms with Crippen molar-refractivity contribution in [3.05, 3.63) is 66.4 Å². The molecule has 0 spiro atoms. The minimum absolute atomic E-state index is 0.194. The lowest BCUT2D eigenvalue weighted by molar-refractivity contribution is 0.251. The third-order valence-electron chi connectivity index (χ3n) is 5.40. The SMILES string of the molecule is Fc1ccc(N2CCN(CCCCn3nncc3-c3cccc(F)c3)CC2)cc1. The minimum Gasteiger partial charge on any atom is -0.369 e. The average molecular weight is 397 g/mol. The second-order valence-corrected chi connectivity index (χ2v) is 7.36. The Hall–Kier alpha value is -2.80. The van der Waals surface area contributed by atoms with Crippen LogP contribution in [0.15, 0.2) is 54.7 Å². The van der Waals surface area contributed by atoms with Crippen molar-refractivity contribution in [1.82, 2.24) is 19.9 Å². The highest BCUT2D eigenvalue weighted by molar-refractivity contribution is 5.58. The first-order valence-corrected chi connectivity index (χ1v) is 10.1. The monoisotopic (exact) mass is 397 g/mol. The van der Waals surface area contributed by atoms with Crippen molar-refractivity contribution in [2.45, 2.75) is 19.4 Å². The summed E-state index contributed by atoms with van der Waals surface area (Å²) in [4.78, 5) is 4.77. The second kappa shape index (κ2) is 9.13. The van der Waals surface area contributed by atoms with Gasteiger partial charge in [0.15, 0.2) is 0 Å². The highest BCUT2D eigenvalue weighted by Gasteiger charge is 2.17. The first-order chi connectivity index (χ1) is 14.2. The van der Waals surface area contributed by atoms with Crippen LogP contribution in [0.2, 0.25) is 0 Å². The predicted molar refractivity (Wildman–Crippen MR) is 110 cm³/mol. The van der Waals surface area contributed by atoms with Gasteiger partial charge < -0.3 is 4.90 Å². The molecule has 0 atom stereocenters. The van der Waals surface area contributed by atoms with Crippen LogP contribution in [-0.2, 0) is 6.54 Å². The van der Waals surface area contributed by atoms with Crippen LogP contribution >= 0.6 is 0 Å². The number of aryl methyl sites for hydroxylation is 1. The number of hydrogen-bond acceptors (Lipinski definition) is 4. The van der Waals surface area contributed by atoms with Crippen molar-refractivity contribution in [3.63, 3.8) is 0 Å². The third kappa shape index (κ3) is 4.98. The highest BCUT2D eigenvalue weighted by atomic mass is 19.1. The van der Waals surface area contributed by atoms with Crippen LogP contribution in [0.1, 0.15) is 12.8 Å². The molecule has 4 rings (SSSR count). The standard InChI is InChI=1S/C22H25F2N5/c23-19-6-8-21(9-7-19)28-14-12-27(13-15-28)10-1-2-11-29-22(17-25-26-29)18-4-3-5-20(24)16-18/h3-9,16-17H,1-2,10-15H2. The summed E-state index contributed by atoms with van der Waals surface area (Å²) in [5.74, 6) is -0.449. The quantitative estimate of drug-likeness (QED) is 0.568. The molecule has 2 heterocycles. The van der Waals surface area contributed by atoms with E-state index in [0.29, 0.717) is 0 Å². The number of rotatable bonds is 7. The molecule has 1 saturated heterocycles. The molecule has 1 aliphatic rings. The Kier molecular flexibility index (Phi) is 6.14.